The van der Waals surface area contributed by atoms with Gasteiger partial charge in [0.15, 0.2) is 0 Å². The van der Waals surface area contributed by atoms with Gasteiger partial charge in [0.05, 0.1) is 26.4 Å². The number of fused-ring (bicyclic) bond motifs is 1. The Labute approximate surface area is 105 Å². The van der Waals surface area contributed by atoms with Crippen molar-refractivity contribution in [3.8, 4) is 5.75 Å². The summed E-state index contributed by atoms with van der Waals surface area (Å²) in [6, 6.07) is 5.53. The molecule has 0 heterocycles. The van der Waals surface area contributed by atoms with Crippen molar-refractivity contribution in [3.05, 3.63) is 29.3 Å². The minimum Gasteiger partial charge on any atom is -0.497 e. The number of nitrogens with zero attached hydrogens (tertiary/aromatic N) is 1. The summed E-state index contributed by atoms with van der Waals surface area (Å²) in [5.74, 6) is 0.434. The van der Waals surface area contributed by atoms with Gasteiger partial charge in [0.25, 0.3) is 0 Å². The first-order chi connectivity index (χ1) is 8.69. The van der Waals surface area contributed by atoms with Crippen LogP contribution >= 0.6 is 0 Å². The molecule has 1 aliphatic carbocycles. The number of carbonyl (C=O) groups excluding carboxylic acids is 1. The number of benzene rings is 1. The molecule has 0 aliphatic heterocycles. The van der Waals surface area contributed by atoms with E-state index in [1.165, 1.54) is 7.11 Å². The molecule has 1 N–H and O–H groups in total. The minimum atomic E-state index is -0.270. The topological polar surface area (TPSA) is 68.1 Å². The van der Waals surface area contributed by atoms with E-state index in [4.69, 9.17) is 9.94 Å². The predicted molar refractivity (Wildman–Crippen MR) is 65.3 cm³/mol. The van der Waals surface area contributed by atoms with Crippen molar-refractivity contribution in [2.45, 2.75) is 18.8 Å². The smallest absolute Gasteiger partial charge is 0.306 e. The summed E-state index contributed by atoms with van der Waals surface area (Å²) in [4.78, 5) is 11.4. The molecule has 0 bridgehead atoms. The van der Waals surface area contributed by atoms with Gasteiger partial charge in [-0.05, 0) is 23.8 Å². The highest BCUT2D eigenvalue weighted by molar-refractivity contribution is 6.05. The van der Waals surface area contributed by atoms with Gasteiger partial charge in [-0.25, -0.2) is 0 Å². The molecule has 1 aromatic carbocycles. The number of hydrogen-bond acceptors (Lipinski definition) is 5. The van der Waals surface area contributed by atoms with Crippen LogP contribution in [0.1, 0.15) is 29.9 Å². The molecule has 18 heavy (non-hydrogen) atoms. The highest BCUT2D eigenvalue weighted by atomic mass is 16.5. The fraction of sp³-hybridized carbons (Fsp3) is 0.385. The molecule has 1 aromatic rings. The maximum absolute atomic E-state index is 11.4. The second-order valence-electron chi connectivity index (χ2n) is 4.18. The lowest BCUT2D eigenvalue weighted by molar-refractivity contribution is -0.141. The van der Waals surface area contributed by atoms with E-state index in [1.807, 2.05) is 18.2 Å². The number of hydrogen-bond donors (Lipinski definition) is 1. The minimum absolute atomic E-state index is 0.0200. The van der Waals surface area contributed by atoms with Crippen LogP contribution in [0.3, 0.4) is 0 Å². The zero-order valence-corrected chi connectivity index (χ0v) is 10.3. The maximum Gasteiger partial charge on any atom is 0.306 e. The van der Waals surface area contributed by atoms with E-state index in [9.17, 15) is 4.79 Å². The SMILES string of the molecule is COC(=O)C[C@H]1C/C(=N/O)c2ccc(OC)cc21. The Kier molecular flexibility index (Phi) is 3.50. The van der Waals surface area contributed by atoms with Gasteiger partial charge < -0.3 is 14.7 Å². The Bertz CT molecular complexity index is 496. The van der Waals surface area contributed by atoms with Crippen molar-refractivity contribution in [1.29, 1.82) is 0 Å². The number of carbonyl (C=O) groups is 1. The molecular formula is C13H15NO4. The molecule has 96 valence electrons. The quantitative estimate of drug-likeness (QED) is 0.505. The summed E-state index contributed by atoms with van der Waals surface area (Å²) in [6.45, 7) is 0. The third-order valence-electron chi connectivity index (χ3n) is 3.21. The average Bonchev–Trinajstić information content (AvgIpc) is 2.75. The first-order valence-electron chi connectivity index (χ1n) is 5.65. The van der Waals surface area contributed by atoms with Crippen LogP contribution in [0.25, 0.3) is 0 Å². The van der Waals surface area contributed by atoms with Crippen LogP contribution in [0.4, 0.5) is 0 Å². The van der Waals surface area contributed by atoms with Crippen molar-refractivity contribution in [2.24, 2.45) is 5.16 Å². The van der Waals surface area contributed by atoms with Crippen molar-refractivity contribution in [2.75, 3.05) is 14.2 Å². The highest BCUT2D eigenvalue weighted by Gasteiger charge is 2.30. The summed E-state index contributed by atoms with van der Waals surface area (Å²) >= 11 is 0. The molecule has 0 unspecified atom stereocenters. The fourth-order valence-electron chi connectivity index (χ4n) is 2.28. The molecule has 0 fully saturated rings. The molecule has 0 spiro atoms. The van der Waals surface area contributed by atoms with Crippen molar-refractivity contribution in [1.82, 2.24) is 0 Å². The van der Waals surface area contributed by atoms with Crippen LogP contribution in [-0.2, 0) is 9.53 Å². The van der Waals surface area contributed by atoms with Crippen LogP contribution < -0.4 is 4.74 Å². The third-order valence-corrected chi connectivity index (χ3v) is 3.21. The van der Waals surface area contributed by atoms with Crippen molar-refractivity contribution < 1.29 is 19.5 Å². The van der Waals surface area contributed by atoms with E-state index in [0.29, 0.717) is 12.1 Å². The van der Waals surface area contributed by atoms with Crippen molar-refractivity contribution in [3.63, 3.8) is 0 Å². The van der Waals surface area contributed by atoms with E-state index in [0.717, 1.165) is 16.9 Å². The second-order valence-corrected chi connectivity index (χ2v) is 4.18. The maximum atomic E-state index is 11.4. The molecule has 5 heteroatoms. The van der Waals surface area contributed by atoms with Gasteiger partial charge >= 0.3 is 5.97 Å². The summed E-state index contributed by atoms with van der Waals surface area (Å²) < 4.78 is 9.85. The van der Waals surface area contributed by atoms with Crippen LogP contribution in [0.15, 0.2) is 23.4 Å². The molecule has 0 radical (unpaired) electrons. The van der Waals surface area contributed by atoms with Gasteiger partial charge in [0.1, 0.15) is 5.75 Å². The third kappa shape index (κ3) is 2.16. The standard InChI is InChI=1S/C13H15NO4/c1-17-9-3-4-10-11(7-9)8(5-12(10)14-16)6-13(15)18-2/h3-4,7-8,16H,5-6H2,1-2H3/b14-12-/t8-/m1/s1. The molecule has 0 amide bonds. The Morgan fingerprint density at radius 2 is 2.28 bits per heavy atom. The van der Waals surface area contributed by atoms with Crippen LogP contribution in [0.5, 0.6) is 5.75 Å². The van der Waals surface area contributed by atoms with Crippen LogP contribution in [0, 0.1) is 0 Å². The van der Waals surface area contributed by atoms with E-state index in [1.54, 1.807) is 7.11 Å². The molecule has 5 nitrogen and oxygen atoms in total. The number of esters is 1. The zero-order valence-electron chi connectivity index (χ0n) is 10.3. The fourth-order valence-corrected chi connectivity index (χ4v) is 2.28. The number of rotatable bonds is 3. The summed E-state index contributed by atoms with van der Waals surface area (Å²) in [6.07, 6.45) is 0.809. The lowest BCUT2D eigenvalue weighted by atomic mass is 9.98. The van der Waals surface area contributed by atoms with E-state index >= 15 is 0 Å². The van der Waals surface area contributed by atoms with Crippen LogP contribution in [0.2, 0.25) is 0 Å². The lowest BCUT2D eigenvalue weighted by Gasteiger charge is -2.10. The summed E-state index contributed by atoms with van der Waals surface area (Å²) in [5, 5.41) is 12.3. The number of ether oxygens (including phenoxy) is 2. The lowest BCUT2D eigenvalue weighted by Crippen LogP contribution is -2.06. The van der Waals surface area contributed by atoms with Crippen LogP contribution in [-0.4, -0.2) is 31.1 Å². The van der Waals surface area contributed by atoms with E-state index < -0.39 is 0 Å². The van der Waals surface area contributed by atoms with Gasteiger partial charge in [-0.1, -0.05) is 5.16 Å². The summed E-state index contributed by atoms with van der Waals surface area (Å²) in [7, 11) is 2.96. The number of oxime groups is 1. The van der Waals surface area contributed by atoms with Gasteiger partial charge in [0, 0.05) is 17.9 Å². The Balaban J connectivity index is 2.36. The Morgan fingerprint density at radius 3 is 2.89 bits per heavy atom. The predicted octanol–water partition coefficient (Wildman–Crippen LogP) is 1.92. The van der Waals surface area contributed by atoms with Gasteiger partial charge in [-0.15, -0.1) is 0 Å². The summed E-state index contributed by atoms with van der Waals surface area (Å²) in [5.41, 5.74) is 2.43. The van der Waals surface area contributed by atoms with E-state index in [-0.39, 0.29) is 18.3 Å². The van der Waals surface area contributed by atoms with E-state index in [2.05, 4.69) is 9.89 Å². The zero-order chi connectivity index (χ0) is 13.1. The highest BCUT2D eigenvalue weighted by Crippen LogP contribution is 2.38. The largest absolute Gasteiger partial charge is 0.497 e. The first kappa shape index (κ1) is 12.4. The molecule has 1 atom stereocenters. The average molecular weight is 249 g/mol. The molecular weight excluding hydrogens is 234 g/mol. The monoisotopic (exact) mass is 249 g/mol. The Morgan fingerprint density at radius 1 is 1.50 bits per heavy atom. The van der Waals surface area contributed by atoms with Gasteiger partial charge in [-0.2, -0.15) is 0 Å². The molecule has 0 saturated heterocycles. The molecule has 1 aliphatic rings. The molecule has 0 aromatic heterocycles. The van der Waals surface area contributed by atoms with Gasteiger partial charge in [0.2, 0.25) is 0 Å². The Hall–Kier alpha value is -2.04. The van der Waals surface area contributed by atoms with Gasteiger partial charge in [-0.3, -0.25) is 4.79 Å². The number of methoxy groups -OCH3 is 2. The first-order valence-corrected chi connectivity index (χ1v) is 5.65. The molecule has 2 rings (SSSR count). The molecule has 0 saturated carbocycles. The second kappa shape index (κ2) is 5.08. The van der Waals surface area contributed by atoms with Crippen molar-refractivity contribution >= 4 is 11.7 Å². The normalized spacial score (nSPS) is 19.7.